The minimum absolute atomic E-state index is 0.157. The molecule has 10 heteroatoms. The molecule has 1 fully saturated rings. The molecule has 3 aromatic rings. The van der Waals surface area contributed by atoms with E-state index in [1.807, 2.05) is 17.0 Å². The summed E-state index contributed by atoms with van der Waals surface area (Å²) in [5, 5.41) is 3.57. The van der Waals surface area contributed by atoms with Gasteiger partial charge in [0.15, 0.2) is 11.5 Å². The lowest BCUT2D eigenvalue weighted by molar-refractivity contribution is -0.113. The zero-order chi connectivity index (χ0) is 23.9. The molecule has 1 aliphatic heterocycles. The number of nitrogens with zero attached hydrogens (tertiary/aromatic N) is 4. The van der Waals surface area contributed by atoms with Gasteiger partial charge in [0.2, 0.25) is 5.91 Å². The quantitative estimate of drug-likeness (QED) is 0.384. The second kappa shape index (κ2) is 11.1. The first-order valence-electron chi connectivity index (χ1n) is 10.8. The number of carbonyl (C=O) groups excluding carboxylic acids is 1. The second-order valence-electron chi connectivity index (χ2n) is 7.55. The number of para-hydroxylation sites is 1. The van der Waals surface area contributed by atoms with Crippen LogP contribution in [0.25, 0.3) is 0 Å². The molecule has 0 atom stereocenters. The number of ether oxygens (including phenoxy) is 2. The Morgan fingerprint density at radius 1 is 1.00 bits per heavy atom. The van der Waals surface area contributed by atoms with Crippen LogP contribution in [0.5, 0.6) is 11.5 Å². The molecule has 2 heterocycles. The Bertz CT molecular complexity index is 1140. The van der Waals surface area contributed by atoms with E-state index >= 15 is 0 Å². The van der Waals surface area contributed by atoms with Gasteiger partial charge in [0.05, 0.1) is 25.7 Å². The van der Waals surface area contributed by atoms with E-state index < -0.39 is 0 Å². The van der Waals surface area contributed by atoms with Crippen LogP contribution in [-0.2, 0) is 4.79 Å². The van der Waals surface area contributed by atoms with Gasteiger partial charge in [0.1, 0.15) is 23.0 Å². The highest BCUT2D eigenvalue weighted by atomic mass is 32.2. The van der Waals surface area contributed by atoms with Crippen molar-refractivity contribution in [2.45, 2.75) is 5.03 Å². The van der Waals surface area contributed by atoms with Gasteiger partial charge in [-0.15, -0.1) is 0 Å². The average molecular weight is 484 g/mol. The zero-order valence-electron chi connectivity index (χ0n) is 19.0. The first kappa shape index (κ1) is 23.6. The summed E-state index contributed by atoms with van der Waals surface area (Å²) in [4.78, 5) is 25.3. The first-order valence-corrected chi connectivity index (χ1v) is 11.8. The lowest BCUT2D eigenvalue weighted by atomic mass is 10.2. The van der Waals surface area contributed by atoms with Crippen LogP contribution >= 0.6 is 11.8 Å². The van der Waals surface area contributed by atoms with E-state index in [2.05, 4.69) is 20.2 Å². The Hall–Kier alpha value is -3.53. The molecule has 1 saturated heterocycles. The molecule has 8 nitrogen and oxygen atoms in total. The maximum atomic E-state index is 14.1. The number of anilines is 3. The number of halogens is 1. The van der Waals surface area contributed by atoms with Gasteiger partial charge in [0, 0.05) is 44.0 Å². The number of rotatable bonds is 8. The molecular formula is C24H26FN5O3S. The number of methoxy groups -OCH3 is 2. The van der Waals surface area contributed by atoms with Gasteiger partial charge in [-0.3, -0.25) is 4.79 Å². The molecule has 4 rings (SSSR count). The van der Waals surface area contributed by atoms with Crippen molar-refractivity contribution in [3.8, 4) is 11.5 Å². The van der Waals surface area contributed by atoms with E-state index in [-0.39, 0.29) is 17.5 Å². The normalized spacial score (nSPS) is 13.5. The molecule has 0 bridgehead atoms. The summed E-state index contributed by atoms with van der Waals surface area (Å²) in [5.41, 5.74) is 1.25. The van der Waals surface area contributed by atoms with Crippen molar-refractivity contribution >= 4 is 34.9 Å². The molecule has 2 aromatic carbocycles. The van der Waals surface area contributed by atoms with Crippen molar-refractivity contribution in [1.29, 1.82) is 0 Å². The molecular weight excluding hydrogens is 457 g/mol. The van der Waals surface area contributed by atoms with Gasteiger partial charge in [-0.2, -0.15) is 0 Å². The van der Waals surface area contributed by atoms with E-state index in [1.54, 1.807) is 44.6 Å². The predicted molar refractivity (Wildman–Crippen MR) is 132 cm³/mol. The highest BCUT2D eigenvalue weighted by molar-refractivity contribution is 7.99. The van der Waals surface area contributed by atoms with Gasteiger partial charge in [-0.05, 0) is 24.3 Å². The third-order valence-electron chi connectivity index (χ3n) is 5.44. The molecule has 0 aliphatic carbocycles. The van der Waals surface area contributed by atoms with Crippen LogP contribution in [0.3, 0.4) is 0 Å². The third kappa shape index (κ3) is 5.69. The van der Waals surface area contributed by atoms with E-state index in [0.717, 1.165) is 18.9 Å². The number of thioether (sulfide) groups is 1. The van der Waals surface area contributed by atoms with Crippen LogP contribution in [0, 0.1) is 5.82 Å². The maximum absolute atomic E-state index is 14.1. The summed E-state index contributed by atoms with van der Waals surface area (Å²) < 4.78 is 24.6. The van der Waals surface area contributed by atoms with E-state index in [9.17, 15) is 9.18 Å². The summed E-state index contributed by atoms with van der Waals surface area (Å²) in [6.07, 6.45) is 1.51. The minimum atomic E-state index is -0.206. The van der Waals surface area contributed by atoms with Crippen LogP contribution in [0.2, 0.25) is 0 Å². The standard InChI is InChI=1S/C24H26FN5O3S/c1-32-20-8-7-17(13-21(20)33-2)28-23(31)15-34-24-14-22(26-16-27-24)30-11-9-29(10-12-30)19-6-4-3-5-18(19)25/h3-8,13-14,16H,9-12,15H2,1-2H3,(H,28,31). The summed E-state index contributed by atoms with van der Waals surface area (Å²) in [7, 11) is 3.11. The molecule has 1 aliphatic rings. The smallest absolute Gasteiger partial charge is 0.234 e. The van der Waals surface area contributed by atoms with Gasteiger partial charge >= 0.3 is 0 Å². The van der Waals surface area contributed by atoms with Crippen LogP contribution in [0.15, 0.2) is 59.9 Å². The van der Waals surface area contributed by atoms with Crippen LogP contribution in [-0.4, -0.2) is 62.0 Å². The van der Waals surface area contributed by atoms with Crippen molar-refractivity contribution in [3.05, 3.63) is 60.7 Å². The highest BCUT2D eigenvalue weighted by Crippen LogP contribution is 2.30. The Labute approximate surface area is 202 Å². The summed E-state index contributed by atoms with van der Waals surface area (Å²) in [6.45, 7) is 2.83. The van der Waals surface area contributed by atoms with Gasteiger partial charge in [-0.1, -0.05) is 23.9 Å². The molecule has 0 unspecified atom stereocenters. The number of aromatic nitrogens is 2. The van der Waals surface area contributed by atoms with Crippen molar-refractivity contribution in [1.82, 2.24) is 9.97 Å². The Morgan fingerprint density at radius 3 is 2.47 bits per heavy atom. The summed E-state index contributed by atoms with van der Waals surface area (Å²) in [6, 6.07) is 13.9. The fourth-order valence-electron chi connectivity index (χ4n) is 3.72. The number of piperazine rings is 1. The van der Waals surface area contributed by atoms with Crippen molar-refractivity contribution < 1.29 is 18.7 Å². The molecule has 34 heavy (non-hydrogen) atoms. The molecule has 0 saturated carbocycles. The minimum Gasteiger partial charge on any atom is -0.493 e. The Morgan fingerprint density at radius 2 is 1.74 bits per heavy atom. The van der Waals surface area contributed by atoms with Gasteiger partial charge in [-0.25, -0.2) is 14.4 Å². The van der Waals surface area contributed by atoms with Gasteiger partial charge < -0.3 is 24.6 Å². The fourth-order valence-corrected chi connectivity index (χ4v) is 4.38. The lowest BCUT2D eigenvalue weighted by Crippen LogP contribution is -2.47. The number of hydrogen-bond donors (Lipinski definition) is 1. The summed E-state index contributed by atoms with van der Waals surface area (Å²) >= 11 is 1.34. The number of nitrogens with one attached hydrogen (secondary N) is 1. The third-order valence-corrected chi connectivity index (χ3v) is 6.37. The molecule has 1 aromatic heterocycles. The van der Waals surface area contributed by atoms with Crippen LogP contribution < -0.4 is 24.6 Å². The van der Waals surface area contributed by atoms with Crippen LogP contribution in [0.4, 0.5) is 21.6 Å². The molecule has 0 radical (unpaired) electrons. The van der Waals surface area contributed by atoms with E-state index in [0.29, 0.717) is 41.0 Å². The zero-order valence-corrected chi connectivity index (χ0v) is 19.8. The molecule has 178 valence electrons. The highest BCUT2D eigenvalue weighted by Gasteiger charge is 2.20. The maximum Gasteiger partial charge on any atom is 0.234 e. The lowest BCUT2D eigenvalue weighted by Gasteiger charge is -2.36. The van der Waals surface area contributed by atoms with Gasteiger partial charge in [0.25, 0.3) is 0 Å². The largest absolute Gasteiger partial charge is 0.493 e. The first-order chi connectivity index (χ1) is 16.6. The van der Waals surface area contributed by atoms with E-state index in [1.165, 1.54) is 24.2 Å². The number of amides is 1. The monoisotopic (exact) mass is 483 g/mol. The predicted octanol–water partition coefficient (Wildman–Crippen LogP) is 3.69. The Kier molecular flexibility index (Phi) is 7.69. The SMILES string of the molecule is COc1ccc(NC(=O)CSc2cc(N3CCN(c4ccccc4F)CC3)ncn2)cc1OC. The van der Waals surface area contributed by atoms with Crippen molar-refractivity contribution in [3.63, 3.8) is 0 Å². The second-order valence-corrected chi connectivity index (χ2v) is 8.54. The van der Waals surface area contributed by atoms with Crippen LogP contribution in [0.1, 0.15) is 0 Å². The number of hydrogen-bond acceptors (Lipinski definition) is 8. The fraction of sp³-hybridized carbons (Fsp3) is 0.292. The molecule has 1 N–H and O–H groups in total. The molecule has 0 spiro atoms. The Balaban J connectivity index is 1.31. The summed E-state index contributed by atoms with van der Waals surface area (Å²) in [5.74, 6) is 1.78. The topological polar surface area (TPSA) is 79.8 Å². The van der Waals surface area contributed by atoms with Crippen molar-refractivity contribution in [2.24, 2.45) is 0 Å². The average Bonchev–Trinajstić information content (AvgIpc) is 2.88. The number of carbonyl (C=O) groups is 1. The van der Waals surface area contributed by atoms with Crippen molar-refractivity contribution in [2.75, 3.05) is 61.3 Å². The molecule has 1 amide bonds. The van der Waals surface area contributed by atoms with E-state index in [4.69, 9.17) is 9.47 Å². The number of benzene rings is 2.